The van der Waals surface area contributed by atoms with Crippen molar-refractivity contribution in [3.8, 4) is 6.07 Å². The van der Waals surface area contributed by atoms with Crippen LogP contribution in [-0.4, -0.2) is 78.9 Å². The minimum Gasteiger partial charge on any atom is -0.342 e. The number of nitriles is 1. The summed E-state index contributed by atoms with van der Waals surface area (Å²) in [4.78, 5) is 30.6. The Labute approximate surface area is 154 Å². The minimum atomic E-state index is -0.0590. The lowest BCUT2D eigenvalue weighted by molar-refractivity contribution is -0.132. The van der Waals surface area contributed by atoms with Gasteiger partial charge in [0.1, 0.15) is 0 Å². The van der Waals surface area contributed by atoms with Crippen molar-refractivity contribution in [2.24, 2.45) is 0 Å². The second kappa shape index (κ2) is 8.79. The molecule has 7 nitrogen and oxygen atoms in total. The van der Waals surface area contributed by atoms with Gasteiger partial charge in [0, 0.05) is 45.0 Å². The van der Waals surface area contributed by atoms with E-state index in [-0.39, 0.29) is 11.8 Å². The second-order valence-electron chi connectivity index (χ2n) is 6.88. The highest BCUT2D eigenvalue weighted by Crippen LogP contribution is 2.11. The summed E-state index contributed by atoms with van der Waals surface area (Å²) in [6.07, 6.45) is 2.24. The molecule has 0 radical (unpaired) electrons. The highest BCUT2D eigenvalue weighted by Gasteiger charge is 2.24. The lowest BCUT2D eigenvalue weighted by atomic mass is 10.2. The van der Waals surface area contributed by atoms with Crippen molar-refractivity contribution >= 4 is 17.5 Å². The molecule has 3 rings (SSSR count). The number of hydrogen-bond acceptors (Lipinski definition) is 5. The Kier molecular flexibility index (Phi) is 6.21. The first-order chi connectivity index (χ1) is 12.6. The van der Waals surface area contributed by atoms with Crippen molar-refractivity contribution < 1.29 is 9.59 Å². The smallest absolute Gasteiger partial charge is 0.238 e. The summed E-state index contributed by atoms with van der Waals surface area (Å²) in [7, 11) is 0. The molecule has 1 aromatic carbocycles. The molecule has 0 saturated carbocycles. The molecule has 7 heteroatoms. The van der Waals surface area contributed by atoms with Crippen molar-refractivity contribution in [1.82, 2.24) is 14.7 Å². The number of likely N-dealkylation sites (tertiary alicyclic amines) is 1. The van der Waals surface area contributed by atoms with E-state index in [9.17, 15) is 9.59 Å². The van der Waals surface area contributed by atoms with Gasteiger partial charge in [0.15, 0.2) is 0 Å². The highest BCUT2D eigenvalue weighted by molar-refractivity contribution is 5.92. The van der Waals surface area contributed by atoms with Crippen molar-refractivity contribution in [1.29, 1.82) is 5.26 Å². The maximum atomic E-state index is 12.2. The van der Waals surface area contributed by atoms with Crippen LogP contribution in [0, 0.1) is 11.3 Å². The van der Waals surface area contributed by atoms with E-state index in [1.807, 2.05) is 4.90 Å². The van der Waals surface area contributed by atoms with Gasteiger partial charge >= 0.3 is 0 Å². The third kappa shape index (κ3) is 5.04. The number of amides is 2. The zero-order chi connectivity index (χ0) is 18.4. The van der Waals surface area contributed by atoms with Gasteiger partial charge in [-0.05, 0) is 37.1 Å². The predicted molar refractivity (Wildman–Crippen MR) is 98.5 cm³/mol. The van der Waals surface area contributed by atoms with Crippen LogP contribution in [0.15, 0.2) is 24.3 Å². The first-order valence-corrected chi connectivity index (χ1v) is 9.16. The Balaban J connectivity index is 1.38. The molecule has 2 fully saturated rings. The van der Waals surface area contributed by atoms with Gasteiger partial charge in [0.2, 0.25) is 11.8 Å². The number of anilines is 1. The number of carbonyl (C=O) groups is 2. The van der Waals surface area contributed by atoms with Crippen LogP contribution < -0.4 is 5.32 Å². The number of rotatable bonds is 5. The average Bonchev–Trinajstić information content (AvgIpc) is 3.19. The maximum Gasteiger partial charge on any atom is 0.238 e. The molecule has 1 aromatic rings. The van der Waals surface area contributed by atoms with E-state index < -0.39 is 0 Å². The number of piperazine rings is 1. The summed E-state index contributed by atoms with van der Waals surface area (Å²) in [6.45, 7) is 5.82. The van der Waals surface area contributed by atoms with Gasteiger partial charge in [-0.25, -0.2) is 0 Å². The predicted octanol–water partition coefficient (Wildman–Crippen LogP) is 0.737. The van der Waals surface area contributed by atoms with Crippen LogP contribution in [0.25, 0.3) is 0 Å². The molecule has 2 aliphatic heterocycles. The largest absolute Gasteiger partial charge is 0.342 e. The Hall–Kier alpha value is -2.43. The van der Waals surface area contributed by atoms with Gasteiger partial charge in [-0.3, -0.25) is 19.4 Å². The molecule has 0 aliphatic carbocycles. The first kappa shape index (κ1) is 18.4. The molecule has 0 spiro atoms. The quantitative estimate of drug-likeness (QED) is 0.843. The molecular formula is C19H25N5O2. The summed E-state index contributed by atoms with van der Waals surface area (Å²) in [6, 6.07) is 8.90. The van der Waals surface area contributed by atoms with E-state index in [1.54, 1.807) is 24.3 Å². The standard InChI is InChI=1S/C19H25N5O2/c20-13-16-3-5-17(6-4-16)21-18(25)14-22-9-11-23(12-10-22)15-19(26)24-7-1-2-8-24/h3-6H,1-2,7-12,14-15H2,(H,21,25). The molecule has 0 aromatic heterocycles. The van der Waals surface area contributed by atoms with Crippen molar-refractivity contribution in [3.05, 3.63) is 29.8 Å². The third-order valence-corrected chi connectivity index (χ3v) is 4.95. The molecule has 0 unspecified atom stereocenters. The van der Waals surface area contributed by atoms with Crippen LogP contribution in [0.3, 0.4) is 0 Å². The van der Waals surface area contributed by atoms with Gasteiger partial charge in [0.05, 0.1) is 24.7 Å². The van der Waals surface area contributed by atoms with E-state index in [4.69, 9.17) is 5.26 Å². The monoisotopic (exact) mass is 355 g/mol. The molecule has 2 amide bonds. The topological polar surface area (TPSA) is 79.7 Å². The SMILES string of the molecule is N#Cc1ccc(NC(=O)CN2CCN(CC(=O)N3CCCC3)CC2)cc1. The molecule has 2 saturated heterocycles. The molecule has 138 valence electrons. The minimum absolute atomic E-state index is 0.0590. The van der Waals surface area contributed by atoms with Crippen LogP contribution in [0.2, 0.25) is 0 Å². The summed E-state index contributed by atoms with van der Waals surface area (Å²) in [5.41, 5.74) is 1.27. The van der Waals surface area contributed by atoms with Gasteiger partial charge in [-0.15, -0.1) is 0 Å². The van der Waals surface area contributed by atoms with Crippen LogP contribution in [-0.2, 0) is 9.59 Å². The molecule has 0 bridgehead atoms. The summed E-state index contributed by atoms with van der Waals surface area (Å²) in [5.74, 6) is 0.172. The average molecular weight is 355 g/mol. The fraction of sp³-hybridized carbons (Fsp3) is 0.526. The van der Waals surface area contributed by atoms with Crippen LogP contribution >= 0.6 is 0 Å². The second-order valence-corrected chi connectivity index (χ2v) is 6.88. The number of nitrogens with one attached hydrogen (secondary N) is 1. The van der Waals surface area contributed by atoms with E-state index in [0.717, 1.165) is 52.1 Å². The molecule has 1 N–H and O–H groups in total. The lowest BCUT2D eigenvalue weighted by Crippen LogP contribution is -2.51. The van der Waals surface area contributed by atoms with Crippen molar-refractivity contribution in [2.75, 3.05) is 57.7 Å². The fourth-order valence-electron chi connectivity index (χ4n) is 3.40. The van der Waals surface area contributed by atoms with Gasteiger partial charge in [-0.1, -0.05) is 0 Å². The van der Waals surface area contributed by atoms with E-state index in [0.29, 0.717) is 24.3 Å². The third-order valence-electron chi connectivity index (χ3n) is 4.95. The van der Waals surface area contributed by atoms with Crippen molar-refractivity contribution in [3.63, 3.8) is 0 Å². The zero-order valence-electron chi connectivity index (χ0n) is 15.0. The molecule has 0 atom stereocenters. The Bertz CT molecular complexity index is 668. The Morgan fingerprint density at radius 3 is 2.08 bits per heavy atom. The normalized spacial score (nSPS) is 18.5. The molecular weight excluding hydrogens is 330 g/mol. The van der Waals surface area contributed by atoms with E-state index in [1.165, 1.54) is 0 Å². The van der Waals surface area contributed by atoms with Crippen LogP contribution in [0.4, 0.5) is 5.69 Å². The number of benzene rings is 1. The van der Waals surface area contributed by atoms with Crippen molar-refractivity contribution in [2.45, 2.75) is 12.8 Å². The van der Waals surface area contributed by atoms with Gasteiger partial charge in [0.25, 0.3) is 0 Å². The fourth-order valence-corrected chi connectivity index (χ4v) is 3.40. The zero-order valence-corrected chi connectivity index (χ0v) is 15.0. The molecule has 26 heavy (non-hydrogen) atoms. The summed E-state index contributed by atoms with van der Waals surface area (Å²) in [5, 5.41) is 11.6. The summed E-state index contributed by atoms with van der Waals surface area (Å²) >= 11 is 0. The van der Waals surface area contributed by atoms with E-state index >= 15 is 0 Å². The maximum absolute atomic E-state index is 12.2. The number of carbonyl (C=O) groups excluding carboxylic acids is 2. The van der Waals surface area contributed by atoms with Crippen LogP contribution in [0.1, 0.15) is 18.4 Å². The Morgan fingerprint density at radius 2 is 1.50 bits per heavy atom. The van der Waals surface area contributed by atoms with Gasteiger partial charge in [-0.2, -0.15) is 5.26 Å². The number of hydrogen-bond donors (Lipinski definition) is 1. The first-order valence-electron chi connectivity index (χ1n) is 9.16. The number of nitrogens with zero attached hydrogens (tertiary/aromatic N) is 4. The van der Waals surface area contributed by atoms with Crippen LogP contribution in [0.5, 0.6) is 0 Å². The Morgan fingerprint density at radius 1 is 0.923 bits per heavy atom. The van der Waals surface area contributed by atoms with Gasteiger partial charge < -0.3 is 10.2 Å². The molecule has 2 heterocycles. The van der Waals surface area contributed by atoms with E-state index in [2.05, 4.69) is 21.2 Å². The summed E-state index contributed by atoms with van der Waals surface area (Å²) < 4.78 is 0. The molecule has 2 aliphatic rings. The highest BCUT2D eigenvalue weighted by atomic mass is 16.2. The lowest BCUT2D eigenvalue weighted by Gasteiger charge is -2.34.